The first kappa shape index (κ1) is 17.7. The first-order valence-electron chi connectivity index (χ1n) is 9.78. The minimum absolute atomic E-state index is 0.441. The summed E-state index contributed by atoms with van der Waals surface area (Å²) in [7, 11) is 1.70. The second-order valence-corrected chi connectivity index (χ2v) is 7.41. The molecule has 2 aromatic carbocycles. The van der Waals surface area contributed by atoms with Crippen LogP contribution in [0.1, 0.15) is 43.7 Å². The number of aromatic nitrogens is 2. The number of hydrogen-bond donors (Lipinski definition) is 1. The second kappa shape index (κ2) is 7.47. The molecule has 1 N–H and O–H groups in total. The molecule has 3 aromatic rings. The molecule has 27 heavy (non-hydrogen) atoms. The Hall–Kier alpha value is -2.75. The van der Waals surface area contributed by atoms with E-state index in [9.17, 15) is 0 Å². The third kappa shape index (κ3) is 3.32. The summed E-state index contributed by atoms with van der Waals surface area (Å²) in [4.78, 5) is 0. The van der Waals surface area contributed by atoms with Crippen LogP contribution in [0.2, 0.25) is 0 Å². The lowest BCUT2D eigenvalue weighted by Crippen LogP contribution is -2.09. The van der Waals surface area contributed by atoms with Crippen LogP contribution in [0, 0.1) is 0 Å². The van der Waals surface area contributed by atoms with E-state index in [0.29, 0.717) is 5.92 Å². The standard InChI is InChI=1S/C23H27N3O/c1-16(2)19-8-4-5-10-21(19)26-23-20(9-6-7-15-24-23)22(25-26)17-11-13-18(27-3)14-12-17/h4-5,8,10-14,16,24H,6-7,9,15H2,1-3H3. The van der Waals surface area contributed by atoms with Gasteiger partial charge in [0.2, 0.25) is 0 Å². The van der Waals surface area contributed by atoms with Crippen molar-refractivity contribution < 1.29 is 4.74 Å². The van der Waals surface area contributed by atoms with E-state index in [1.807, 2.05) is 12.1 Å². The summed E-state index contributed by atoms with van der Waals surface area (Å²) in [6.45, 7) is 5.46. The molecule has 0 spiro atoms. The Balaban J connectivity index is 1.89. The number of benzene rings is 2. The molecule has 0 bridgehead atoms. The third-order valence-electron chi connectivity index (χ3n) is 5.28. The number of rotatable bonds is 4. The predicted octanol–water partition coefficient (Wildman–Crippen LogP) is 5.42. The highest BCUT2D eigenvalue weighted by Gasteiger charge is 2.23. The van der Waals surface area contributed by atoms with Crippen molar-refractivity contribution in [3.63, 3.8) is 0 Å². The van der Waals surface area contributed by atoms with Crippen LogP contribution in [0.3, 0.4) is 0 Å². The highest BCUT2D eigenvalue weighted by molar-refractivity contribution is 5.72. The fraction of sp³-hybridized carbons (Fsp3) is 0.348. The molecule has 1 aromatic heterocycles. The molecule has 4 nitrogen and oxygen atoms in total. The fourth-order valence-corrected chi connectivity index (χ4v) is 3.83. The Morgan fingerprint density at radius 1 is 1.04 bits per heavy atom. The van der Waals surface area contributed by atoms with Crippen LogP contribution in [-0.2, 0) is 6.42 Å². The molecular weight excluding hydrogens is 334 g/mol. The van der Waals surface area contributed by atoms with Gasteiger partial charge in [0.25, 0.3) is 0 Å². The molecule has 0 saturated heterocycles. The van der Waals surface area contributed by atoms with E-state index in [2.05, 4.69) is 60.2 Å². The lowest BCUT2D eigenvalue weighted by Gasteiger charge is -2.15. The van der Waals surface area contributed by atoms with Crippen LogP contribution < -0.4 is 10.1 Å². The summed E-state index contributed by atoms with van der Waals surface area (Å²) in [5.74, 6) is 2.45. The lowest BCUT2D eigenvalue weighted by molar-refractivity contribution is 0.415. The monoisotopic (exact) mass is 361 g/mol. The molecule has 0 saturated carbocycles. The number of nitrogens with zero attached hydrogens (tertiary/aromatic N) is 2. The molecule has 0 fully saturated rings. The van der Waals surface area contributed by atoms with Crippen LogP contribution in [0.25, 0.3) is 16.9 Å². The largest absolute Gasteiger partial charge is 0.497 e. The van der Waals surface area contributed by atoms with E-state index < -0.39 is 0 Å². The van der Waals surface area contributed by atoms with Gasteiger partial charge in [0.1, 0.15) is 11.6 Å². The SMILES string of the molecule is COc1ccc(-c2nn(-c3ccccc3C(C)C)c3c2CCCCN3)cc1. The summed E-state index contributed by atoms with van der Waals surface area (Å²) in [6.07, 6.45) is 3.41. The highest BCUT2D eigenvalue weighted by Crippen LogP contribution is 2.36. The maximum atomic E-state index is 5.32. The number of methoxy groups -OCH3 is 1. The van der Waals surface area contributed by atoms with Crippen molar-refractivity contribution in [3.05, 3.63) is 59.7 Å². The van der Waals surface area contributed by atoms with Crippen LogP contribution in [0.15, 0.2) is 48.5 Å². The van der Waals surface area contributed by atoms with Gasteiger partial charge in [-0.05, 0) is 61.1 Å². The molecule has 4 heteroatoms. The van der Waals surface area contributed by atoms with Gasteiger partial charge in [-0.2, -0.15) is 5.10 Å². The third-order valence-corrected chi connectivity index (χ3v) is 5.28. The van der Waals surface area contributed by atoms with Crippen molar-refractivity contribution in [2.75, 3.05) is 19.0 Å². The number of hydrogen-bond acceptors (Lipinski definition) is 3. The molecule has 0 aliphatic carbocycles. The predicted molar refractivity (Wildman–Crippen MR) is 111 cm³/mol. The van der Waals surface area contributed by atoms with E-state index in [0.717, 1.165) is 41.5 Å². The zero-order valence-electron chi connectivity index (χ0n) is 16.3. The first-order chi connectivity index (χ1) is 13.2. The van der Waals surface area contributed by atoms with Gasteiger partial charge >= 0.3 is 0 Å². The Kier molecular flexibility index (Phi) is 4.88. The minimum Gasteiger partial charge on any atom is -0.497 e. The number of para-hydroxylation sites is 1. The van der Waals surface area contributed by atoms with Crippen LogP contribution in [0.5, 0.6) is 5.75 Å². The average molecular weight is 361 g/mol. The van der Waals surface area contributed by atoms with Gasteiger partial charge in [-0.1, -0.05) is 32.0 Å². The molecule has 0 radical (unpaired) electrons. The molecule has 140 valence electrons. The van der Waals surface area contributed by atoms with Gasteiger partial charge < -0.3 is 10.1 Å². The van der Waals surface area contributed by atoms with E-state index in [1.54, 1.807) is 7.11 Å². The summed E-state index contributed by atoms with van der Waals surface area (Å²) >= 11 is 0. The van der Waals surface area contributed by atoms with E-state index in [-0.39, 0.29) is 0 Å². The Morgan fingerprint density at radius 2 is 1.81 bits per heavy atom. The van der Waals surface area contributed by atoms with Gasteiger partial charge in [0, 0.05) is 17.7 Å². The summed E-state index contributed by atoms with van der Waals surface area (Å²) in [6, 6.07) is 16.8. The van der Waals surface area contributed by atoms with Crippen molar-refractivity contribution in [1.29, 1.82) is 0 Å². The van der Waals surface area contributed by atoms with Gasteiger partial charge in [0.15, 0.2) is 0 Å². The Bertz CT molecular complexity index is 925. The van der Waals surface area contributed by atoms with E-state index >= 15 is 0 Å². The van der Waals surface area contributed by atoms with Gasteiger partial charge in [0.05, 0.1) is 18.5 Å². The average Bonchev–Trinajstić information content (AvgIpc) is 2.88. The topological polar surface area (TPSA) is 39.1 Å². The van der Waals surface area contributed by atoms with Gasteiger partial charge in [-0.3, -0.25) is 0 Å². The molecule has 2 heterocycles. The molecule has 0 amide bonds. The number of ether oxygens (including phenoxy) is 1. The maximum Gasteiger partial charge on any atom is 0.133 e. The van der Waals surface area contributed by atoms with E-state index in [4.69, 9.17) is 9.84 Å². The molecule has 1 aliphatic rings. The van der Waals surface area contributed by atoms with Crippen molar-refractivity contribution in [3.8, 4) is 22.7 Å². The van der Waals surface area contributed by atoms with E-state index in [1.165, 1.54) is 24.0 Å². The quantitative estimate of drug-likeness (QED) is 0.674. The second-order valence-electron chi connectivity index (χ2n) is 7.41. The van der Waals surface area contributed by atoms with Crippen molar-refractivity contribution in [1.82, 2.24) is 9.78 Å². The molecular formula is C23H27N3O. The van der Waals surface area contributed by atoms with Crippen LogP contribution in [-0.4, -0.2) is 23.4 Å². The zero-order chi connectivity index (χ0) is 18.8. The Labute approximate surface area is 161 Å². The van der Waals surface area contributed by atoms with Gasteiger partial charge in [-0.15, -0.1) is 0 Å². The molecule has 1 aliphatic heterocycles. The van der Waals surface area contributed by atoms with Crippen molar-refractivity contribution >= 4 is 5.82 Å². The number of fused-ring (bicyclic) bond motifs is 1. The van der Waals surface area contributed by atoms with Crippen LogP contribution >= 0.6 is 0 Å². The summed E-state index contributed by atoms with van der Waals surface area (Å²) in [5, 5.41) is 8.73. The van der Waals surface area contributed by atoms with Crippen molar-refractivity contribution in [2.45, 2.75) is 39.0 Å². The minimum atomic E-state index is 0.441. The smallest absolute Gasteiger partial charge is 0.133 e. The van der Waals surface area contributed by atoms with Gasteiger partial charge in [-0.25, -0.2) is 4.68 Å². The molecule has 0 atom stereocenters. The number of anilines is 1. The fourth-order valence-electron chi connectivity index (χ4n) is 3.83. The molecule has 4 rings (SSSR count). The molecule has 0 unspecified atom stereocenters. The lowest BCUT2D eigenvalue weighted by atomic mass is 10.0. The normalized spacial score (nSPS) is 13.8. The highest BCUT2D eigenvalue weighted by atomic mass is 16.5. The summed E-state index contributed by atoms with van der Waals surface area (Å²) in [5.41, 5.74) is 6.00. The summed E-state index contributed by atoms with van der Waals surface area (Å²) < 4.78 is 7.44. The van der Waals surface area contributed by atoms with Crippen molar-refractivity contribution in [2.24, 2.45) is 0 Å². The Morgan fingerprint density at radius 3 is 2.56 bits per heavy atom. The van der Waals surface area contributed by atoms with Crippen LogP contribution in [0.4, 0.5) is 5.82 Å². The zero-order valence-corrected chi connectivity index (χ0v) is 16.3. The number of nitrogens with one attached hydrogen (secondary N) is 1. The first-order valence-corrected chi connectivity index (χ1v) is 9.78. The maximum absolute atomic E-state index is 5.32.